The van der Waals surface area contributed by atoms with Crippen LogP contribution >= 0.6 is 0 Å². The van der Waals surface area contributed by atoms with Gasteiger partial charge in [-0.1, -0.05) is 18.2 Å². The molecule has 0 atom stereocenters. The highest BCUT2D eigenvalue weighted by molar-refractivity contribution is 5.97. The molecule has 5 nitrogen and oxygen atoms in total. The van der Waals surface area contributed by atoms with Crippen LogP contribution in [-0.2, 0) is 6.42 Å². The number of H-pyrrole nitrogens is 1. The third-order valence-electron chi connectivity index (χ3n) is 2.82. The lowest BCUT2D eigenvalue weighted by Crippen LogP contribution is -2.27. The van der Waals surface area contributed by atoms with Crippen molar-refractivity contribution in [2.45, 2.75) is 20.3 Å². The van der Waals surface area contributed by atoms with Crippen LogP contribution < -0.4 is 5.32 Å². The quantitative estimate of drug-likeness (QED) is 0.854. The molecule has 0 bridgehead atoms. The Morgan fingerprint density at radius 1 is 1.33 bits per heavy atom. The predicted octanol–water partition coefficient (Wildman–Crippen LogP) is 1.39. The molecular weight excluding hydrogens is 228 g/mol. The molecule has 0 aliphatic carbocycles. The second-order valence-electron chi connectivity index (χ2n) is 4.20. The number of benzene rings is 1. The predicted molar refractivity (Wildman–Crippen MR) is 68.3 cm³/mol. The van der Waals surface area contributed by atoms with E-state index in [1.54, 1.807) is 0 Å². The number of rotatable bonds is 4. The second-order valence-corrected chi connectivity index (χ2v) is 4.20. The lowest BCUT2D eigenvalue weighted by Gasteiger charge is -2.09. The van der Waals surface area contributed by atoms with E-state index in [9.17, 15) is 4.79 Å². The van der Waals surface area contributed by atoms with Gasteiger partial charge in [-0.05, 0) is 25.0 Å². The van der Waals surface area contributed by atoms with E-state index >= 15 is 0 Å². The maximum atomic E-state index is 12.1. The Kier molecular flexibility index (Phi) is 3.72. The summed E-state index contributed by atoms with van der Waals surface area (Å²) in [6.07, 6.45) is 2.11. The Labute approximate surface area is 106 Å². The maximum Gasteiger partial charge on any atom is 0.251 e. The first-order valence-corrected chi connectivity index (χ1v) is 5.87. The molecule has 18 heavy (non-hydrogen) atoms. The number of amides is 1. The van der Waals surface area contributed by atoms with Crippen LogP contribution in [0.15, 0.2) is 24.5 Å². The van der Waals surface area contributed by atoms with Gasteiger partial charge in [0.15, 0.2) is 0 Å². The molecule has 0 aliphatic rings. The monoisotopic (exact) mass is 244 g/mol. The molecule has 94 valence electrons. The number of aromatic amines is 1. The highest BCUT2D eigenvalue weighted by Crippen LogP contribution is 2.12. The first-order chi connectivity index (χ1) is 8.68. The number of hydrogen-bond acceptors (Lipinski definition) is 3. The summed E-state index contributed by atoms with van der Waals surface area (Å²) in [5.41, 5.74) is 2.74. The molecule has 0 radical (unpaired) electrons. The number of aryl methyl sites for hydroxylation is 2. The first-order valence-electron chi connectivity index (χ1n) is 5.87. The Balaban J connectivity index is 1.96. The maximum absolute atomic E-state index is 12.1. The van der Waals surface area contributed by atoms with Gasteiger partial charge in [0.1, 0.15) is 12.2 Å². The number of nitrogens with one attached hydrogen (secondary N) is 2. The van der Waals surface area contributed by atoms with Crippen LogP contribution in [0.25, 0.3) is 0 Å². The van der Waals surface area contributed by atoms with Crippen molar-refractivity contribution in [2.75, 3.05) is 6.54 Å². The Morgan fingerprint density at radius 2 is 2.06 bits per heavy atom. The third kappa shape index (κ3) is 2.74. The van der Waals surface area contributed by atoms with Crippen LogP contribution in [0.5, 0.6) is 0 Å². The fourth-order valence-electron chi connectivity index (χ4n) is 1.91. The molecule has 1 heterocycles. The highest BCUT2D eigenvalue weighted by Gasteiger charge is 2.11. The fraction of sp³-hybridized carbons (Fsp3) is 0.308. The Hall–Kier alpha value is -2.17. The minimum absolute atomic E-state index is 0.0369. The average Bonchev–Trinajstić information content (AvgIpc) is 2.82. The normalized spacial score (nSPS) is 10.3. The summed E-state index contributed by atoms with van der Waals surface area (Å²) in [7, 11) is 0. The summed E-state index contributed by atoms with van der Waals surface area (Å²) in [4.78, 5) is 16.1. The van der Waals surface area contributed by atoms with E-state index in [0.717, 1.165) is 22.5 Å². The Morgan fingerprint density at radius 3 is 2.67 bits per heavy atom. The molecule has 0 aliphatic heterocycles. The van der Waals surface area contributed by atoms with Gasteiger partial charge >= 0.3 is 0 Å². The highest BCUT2D eigenvalue weighted by atomic mass is 16.1. The van der Waals surface area contributed by atoms with Crippen LogP contribution in [0, 0.1) is 13.8 Å². The van der Waals surface area contributed by atoms with Crippen LogP contribution in [0.4, 0.5) is 0 Å². The molecule has 1 aromatic heterocycles. The number of aromatic nitrogens is 3. The molecule has 2 rings (SSSR count). The molecule has 1 amide bonds. The van der Waals surface area contributed by atoms with Crippen molar-refractivity contribution < 1.29 is 4.79 Å². The van der Waals surface area contributed by atoms with Crippen LogP contribution in [0.1, 0.15) is 27.3 Å². The average molecular weight is 244 g/mol. The first kappa shape index (κ1) is 12.3. The van der Waals surface area contributed by atoms with Crippen molar-refractivity contribution in [3.05, 3.63) is 47.0 Å². The van der Waals surface area contributed by atoms with Crippen molar-refractivity contribution in [3.8, 4) is 0 Å². The standard InChI is InChI=1S/C13H16N4O/c1-9-4-3-5-10(2)12(9)13(18)14-7-6-11-15-8-16-17-11/h3-5,8H,6-7H2,1-2H3,(H,14,18)(H,15,16,17). The van der Waals surface area contributed by atoms with Crippen molar-refractivity contribution in [1.82, 2.24) is 20.5 Å². The minimum atomic E-state index is -0.0369. The van der Waals surface area contributed by atoms with Crippen molar-refractivity contribution >= 4 is 5.91 Å². The second kappa shape index (κ2) is 5.44. The zero-order valence-electron chi connectivity index (χ0n) is 10.5. The SMILES string of the molecule is Cc1cccc(C)c1C(=O)NCCc1ncn[nH]1. The topological polar surface area (TPSA) is 70.7 Å². The third-order valence-corrected chi connectivity index (χ3v) is 2.82. The summed E-state index contributed by atoms with van der Waals surface area (Å²) in [6, 6.07) is 5.84. The number of carbonyl (C=O) groups excluding carboxylic acids is 1. The van der Waals surface area contributed by atoms with E-state index in [0.29, 0.717) is 13.0 Å². The summed E-state index contributed by atoms with van der Waals surface area (Å²) in [5, 5.41) is 9.41. The van der Waals surface area contributed by atoms with Gasteiger partial charge < -0.3 is 5.32 Å². The summed E-state index contributed by atoms with van der Waals surface area (Å²) in [6.45, 7) is 4.43. The lowest BCUT2D eigenvalue weighted by molar-refractivity contribution is 0.0953. The number of nitrogens with zero attached hydrogens (tertiary/aromatic N) is 2. The zero-order valence-corrected chi connectivity index (χ0v) is 10.5. The molecule has 5 heteroatoms. The largest absolute Gasteiger partial charge is 0.352 e. The van der Waals surface area contributed by atoms with Crippen molar-refractivity contribution in [3.63, 3.8) is 0 Å². The van der Waals surface area contributed by atoms with Crippen LogP contribution in [0.3, 0.4) is 0 Å². The van der Waals surface area contributed by atoms with Gasteiger partial charge in [0.2, 0.25) is 0 Å². The van der Waals surface area contributed by atoms with Crippen molar-refractivity contribution in [1.29, 1.82) is 0 Å². The molecule has 0 spiro atoms. The molecule has 0 unspecified atom stereocenters. The Bertz CT molecular complexity index is 514. The van der Waals surface area contributed by atoms with Crippen LogP contribution in [0.2, 0.25) is 0 Å². The molecule has 2 N–H and O–H groups in total. The van der Waals surface area contributed by atoms with E-state index in [1.807, 2.05) is 32.0 Å². The zero-order chi connectivity index (χ0) is 13.0. The molecule has 0 fully saturated rings. The number of hydrogen-bond donors (Lipinski definition) is 2. The minimum Gasteiger partial charge on any atom is -0.352 e. The number of carbonyl (C=O) groups is 1. The molecular formula is C13H16N4O. The van der Waals surface area contributed by atoms with E-state index in [2.05, 4.69) is 20.5 Å². The summed E-state index contributed by atoms with van der Waals surface area (Å²) in [5.74, 6) is 0.738. The van der Waals surface area contributed by atoms with E-state index in [-0.39, 0.29) is 5.91 Å². The molecule has 0 saturated carbocycles. The van der Waals surface area contributed by atoms with Crippen LogP contribution in [-0.4, -0.2) is 27.6 Å². The van der Waals surface area contributed by atoms with Gasteiger partial charge in [-0.15, -0.1) is 0 Å². The van der Waals surface area contributed by atoms with Gasteiger partial charge in [-0.2, -0.15) is 5.10 Å². The van der Waals surface area contributed by atoms with Gasteiger partial charge in [-0.3, -0.25) is 9.89 Å². The van der Waals surface area contributed by atoms with Gasteiger partial charge in [0.25, 0.3) is 5.91 Å². The summed E-state index contributed by atoms with van der Waals surface area (Å²) < 4.78 is 0. The molecule has 1 aromatic carbocycles. The van der Waals surface area contributed by atoms with Gasteiger partial charge in [0.05, 0.1) is 0 Å². The van der Waals surface area contributed by atoms with E-state index in [1.165, 1.54) is 6.33 Å². The molecule has 2 aromatic rings. The fourth-order valence-corrected chi connectivity index (χ4v) is 1.91. The lowest BCUT2D eigenvalue weighted by atomic mass is 10.0. The smallest absolute Gasteiger partial charge is 0.251 e. The van der Waals surface area contributed by atoms with Gasteiger partial charge in [0, 0.05) is 18.5 Å². The summed E-state index contributed by atoms with van der Waals surface area (Å²) >= 11 is 0. The van der Waals surface area contributed by atoms with E-state index < -0.39 is 0 Å². The van der Waals surface area contributed by atoms with Gasteiger partial charge in [-0.25, -0.2) is 4.98 Å². The van der Waals surface area contributed by atoms with Crippen molar-refractivity contribution in [2.24, 2.45) is 0 Å². The molecule has 0 saturated heterocycles. The van der Waals surface area contributed by atoms with E-state index in [4.69, 9.17) is 0 Å².